The van der Waals surface area contributed by atoms with Crippen molar-refractivity contribution in [1.82, 2.24) is 8.75 Å². The van der Waals surface area contributed by atoms with Crippen LogP contribution in [0.3, 0.4) is 0 Å². The van der Waals surface area contributed by atoms with E-state index in [0.29, 0.717) is 0 Å². The summed E-state index contributed by atoms with van der Waals surface area (Å²) in [6, 6.07) is 22.2. The molecule has 0 atom stereocenters. The molecule has 4 nitrogen and oxygen atoms in total. The number of fused-ring (bicyclic) bond motifs is 1. The summed E-state index contributed by atoms with van der Waals surface area (Å²) in [4.78, 5) is 0. The van der Waals surface area contributed by atoms with Crippen molar-refractivity contribution in [2.75, 3.05) is 12.4 Å². The van der Waals surface area contributed by atoms with Crippen LogP contribution in [-0.4, -0.2) is 15.9 Å². The Morgan fingerprint density at radius 1 is 0.833 bits per heavy atom. The van der Waals surface area contributed by atoms with Gasteiger partial charge >= 0.3 is 0 Å². The fourth-order valence-corrected chi connectivity index (χ4v) is 3.22. The maximum Gasteiger partial charge on any atom is 0.128 e. The van der Waals surface area contributed by atoms with Crippen LogP contribution in [0.15, 0.2) is 66.7 Å². The zero-order valence-corrected chi connectivity index (χ0v) is 13.9. The second kappa shape index (κ2) is 6.29. The Morgan fingerprint density at radius 2 is 1.58 bits per heavy atom. The summed E-state index contributed by atoms with van der Waals surface area (Å²) >= 11 is 1.23. The molecule has 3 aromatic carbocycles. The Morgan fingerprint density at radius 3 is 2.33 bits per heavy atom. The van der Waals surface area contributed by atoms with E-state index in [1.807, 2.05) is 54.6 Å². The van der Waals surface area contributed by atoms with Gasteiger partial charge in [-0.3, -0.25) is 0 Å². The Bertz CT molecular complexity index is 965. The number of nitrogens with one attached hydrogen (secondary N) is 1. The van der Waals surface area contributed by atoms with E-state index in [0.717, 1.165) is 39.3 Å². The molecule has 4 aromatic rings. The van der Waals surface area contributed by atoms with E-state index in [4.69, 9.17) is 4.74 Å². The van der Waals surface area contributed by atoms with E-state index < -0.39 is 0 Å². The lowest BCUT2D eigenvalue weighted by Gasteiger charge is -2.09. The van der Waals surface area contributed by atoms with Gasteiger partial charge in [0.1, 0.15) is 16.8 Å². The lowest BCUT2D eigenvalue weighted by Crippen LogP contribution is -1.92. The SMILES string of the molecule is COc1ccc(-c2ccc(Nc3ccccc3)c3nsnc23)cc1. The van der Waals surface area contributed by atoms with Crippen LogP contribution in [0, 0.1) is 0 Å². The molecule has 1 aromatic heterocycles. The van der Waals surface area contributed by atoms with Gasteiger partial charge in [0.2, 0.25) is 0 Å². The monoisotopic (exact) mass is 333 g/mol. The second-order valence-corrected chi connectivity index (χ2v) is 5.87. The highest BCUT2D eigenvalue weighted by Gasteiger charge is 2.12. The lowest BCUT2D eigenvalue weighted by atomic mass is 10.0. The molecule has 118 valence electrons. The van der Waals surface area contributed by atoms with Gasteiger partial charge in [-0.25, -0.2) is 0 Å². The zero-order chi connectivity index (χ0) is 16.4. The molecule has 24 heavy (non-hydrogen) atoms. The maximum absolute atomic E-state index is 5.23. The van der Waals surface area contributed by atoms with Gasteiger partial charge in [0.15, 0.2) is 0 Å². The predicted octanol–water partition coefficient (Wildman–Crippen LogP) is 5.11. The molecule has 0 aliphatic carbocycles. The molecule has 0 amide bonds. The summed E-state index contributed by atoms with van der Waals surface area (Å²) in [5.74, 6) is 0.841. The van der Waals surface area contributed by atoms with E-state index >= 15 is 0 Å². The second-order valence-electron chi connectivity index (χ2n) is 5.34. The molecule has 0 unspecified atom stereocenters. The Labute approximate surface area is 144 Å². The number of anilines is 2. The van der Waals surface area contributed by atoms with Gasteiger partial charge in [-0.1, -0.05) is 30.3 Å². The summed E-state index contributed by atoms with van der Waals surface area (Å²) in [5, 5.41) is 3.41. The fraction of sp³-hybridized carbons (Fsp3) is 0.0526. The molecule has 0 radical (unpaired) electrons. The van der Waals surface area contributed by atoms with E-state index in [-0.39, 0.29) is 0 Å². The van der Waals surface area contributed by atoms with Crippen LogP contribution in [0.5, 0.6) is 5.75 Å². The quantitative estimate of drug-likeness (QED) is 0.564. The molecule has 0 bridgehead atoms. The first-order valence-corrected chi connectivity index (χ1v) is 8.30. The van der Waals surface area contributed by atoms with E-state index in [1.165, 1.54) is 11.7 Å². The van der Waals surface area contributed by atoms with Crippen LogP contribution in [-0.2, 0) is 0 Å². The highest BCUT2D eigenvalue weighted by atomic mass is 32.1. The van der Waals surface area contributed by atoms with Gasteiger partial charge in [0.05, 0.1) is 24.5 Å². The first-order chi connectivity index (χ1) is 11.8. The number of hydrogen-bond donors (Lipinski definition) is 1. The van der Waals surface area contributed by atoms with Crippen molar-refractivity contribution in [3.8, 4) is 16.9 Å². The average Bonchev–Trinajstić information content (AvgIpc) is 3.13. The normalized spacial score (nSPS) is 10.7. The van der Waals surface area contributed by atoms with Crippen molar-refractivity contribution < 1.29 is 4.74 Å². The standard InChI is InChI=1S/C19H15N3OS/c1-23-15-9-7-13(8-10-15)16-11-12-17(19-18(16)21-24-22-19)20-14-5-3-2-4-6-14/h2-12,20H,1H3. The molecule has 0 fully saturated rings. The van der Waals surface area contributed by atoms with Crippen molar-refractivity contribution in [1.29, 1.82) is 0 Å². The van der Waals surface area contributed by atoms with Gasteiger partial charge < -0.3 is 10.1 Å². The number of rotatable bonds is 4. The summed E-state index contributed by atoms with van der Waals surface area (Å²) in [6.45, 7) is 0. The molecule has 0 saturated heterocycles. The van der Waals surface area contributed by atoms with Gasteiger partial charge in [-0.2, -0.15) is 8.75 Å². The zero-order valence-electron chi connectivity index (χ0n) is 13.1. The number of ether oxygens (including phenoxy) is 1. The van der Waals surface area contributed by atoms with Gasteiger partial charge in [0.25, 0.3) is 0 Å². The number of benzene rings is 3. The largest absolute Gasteiger partial charge is 0.497 e. The maximum atomic E-state index is 5.23. The number of hydrogen-bond acceptors (Lipinski definition) is 5. The minimum Gasteiger partial charge on any atom is -0.497 e. The highest BCUT2D eigenvalue weighted by Crippen LogP contribution is 2.33. The lowest BCUT2D eigenvalue weighted by molar-refractivity contribution is 0.415. The molecule has 0 aliphatic rings. The van der Waals surface area contributed by atoms with Crippen molar-refractivity contribution in [3.05, 3.63) is 66.7 Å². The first-order valence-electron chi connectivity index (χ1n) is 7.57. The number of nitrogens with zero attached hydrogens (tertiary/aromatic N) is 2. The van der Waals surface area contributed by atoms with Crippen molar-refractivity contribution in [2.24, 2.45) is 0 Å². The summed E-state index contributed by atoms with van der Waals surface area (Å²) in [7, 11) is 1.67. The smallest absolute Gasteiger partial charge is 0.128 e. The molecule has 0 spiro atoms. The average molecular weight is 333 g/mol. The summed E-state index contributed by atoms with van der Waals surface area (Å²) in [6.07, 6.45) is 0. The van der Waals surface area contributed by atoms with Gasteiger partial charge in [-0.05, 0) is 42.0 Å². The van der Waals surface area contributed by atoms with Crippen LogP contribution in [0.4, 0.5) is 11.4 Å². The molecule has 0 aliphatic heterocycles. The molecular formula is C19H15N3OS. The van der Waals surface area contributed by atoms with Crippen LogP contribution in [0.1, 0.15) is 0 Å². The highest BCUT2D eigenvalue weighted by molar-refractivity contribution is 7.00. The van der Waals surface area contributed by atoms with Gasteiger partial charge in [0, 0.05) is 11.3 Å². The number of para-hydroxylation sites is 1. The third kappa shape index (κ3) is 2.70. The van der Waals surface area contributed by atoms with E-state index in [9.17, 15) is 0 Å². The van der Waals surface area contributed by atoms with Crippen molar-refractivity contribution in [3.63, 3.8) is 0 Å². The Balaban J connectivity index is 1.76. The van der Waals surface area contributed by atoms with Crippen LogP contribution in [0.25, 0.3) is 22.2 Å². The third-order valence-corrected chi connectivity index (χ3v) is 4.40. The summed E-state index contributed by atoms with van der Waals surface area (Å²) in [5.41, 5.74) is 5.95. The number of aromatic nitrogens is 2. The minimum atomic E-state index is 0.841. The van der Waals surface area contributed by atoms with Crippen molar-refractivity contribution in [2.45, 2.75) is 0 Å². The Hall–Kier alpha value is -2.92. The van der Waals surface area contributed by atoms with E-state index in [1.54, 1.807) is 7.11 Å². The first kappa shape index (κ1) is 14.7. The molecule has 4 rings (SSSR count). The minimum absolute atomic E-state index is 0.841. The number of methoxy groups -OCH3 is 1. The van der Waals surface area contributed by atoms with Crippen molar-refractivity contribution >= 4 is 34.1 Å². The van der Waals surface area contributed by atoms with E-state index in [2.05, 4.69) is 26.2 Å². The van der Waals surface area contributed by atoms with Gasteiger partial charge in [-0.15, -0.1) is 0 Å². The molecule has 5 heteroatoms. The fourth-order valence-electron chi connectivity index (χ4n) is 2.65. The molecule has 0 saturated carbocycles. The molecule has 1 heterocycles. The Kier molecular flexibility index (Phi) is 3.84. The predicted molar refractivity (Wildman–Crippen MR) is 99.1 cm³/mol. The molecular weight excluding hydrogens is 318 g/mol. The summed E-state index contributed by atoms with van der Waals surface area (Å²) < 4.78 is 14.2. The van der Waals surface area contributed by atoms with Crippen LogP contribution in [0.2, 0.25) is 0 Å². The molecule has 1 N–H and O–H groups in total. The van der Waals surface area contributed by atoms with Crippen LogP contribution >= 0.6 is 11.7 Å². The topological polar surface area (TPSA) is 47.0 Å². The van der Waals surface area contributed by atoms with Crippen LogP contribution < -0.4 is 10.1 Å². The third-order valence-electron chi connectivity index (χ3n) is 3.87.